The van der Waals surface area contributed by atoms with Crippen LogP contribution >= 0.6 is 11.8 Å². The summed E-state index contributed by atoms with van der Waals surface area (Å²) in [6, 6.07) is 8.01. The summed E-state index contributed by atoms with van der Waals surface area (Å²) in [5, 5.41) is 1.11. The molecule has 1 heterocycles. The van der Waals surface area contributed by atoms with E-state index in [-0.39, 0.29) is 0 Å². The van der Waals surface area contributed by atoms with Crippen molar-refractivity contribution in [1.82, 2.24) is 4.98 Å². The molecule has 0 aliphatic heterocycles. The van der Waals surface area contributed by atoms with Gasteiger partial charge >= 0.3 is 0 Å². The summed E-state index contributed by atoms with van der Waals surface area (Å²) >= 11 is 1.89. The van der Waals surface area contributed by atoms with Crippen LogP contribution in [0.3, 0.4) is 0 Å². The number of pyridine rings is 1. The number of nitrogens with two attached hydrogens (primary N) is 1. The summed E-state index contributed by atoms with van der Waals surface area (Å²) < 4.78 is 5.19. The van der Waals surface area contributed by atoms with Crippen LogP contribution in [-0.2, 0) is 5.75 Å². The van der Waals surface area contributed by atoms with Gasteiger partial charge in [0.15, 0.2) is 0 Å². The Morgan fingerprint density at radius 2 is 2.17 bits per heavy atom. The number of rotatable bonds is 5. The minimum absolute atomic E-state index is 0.624. The van der Waals surface area contributed by atoms with Crippen LogP contribution in [0.5, 0.6) is 5.75 Å². The van der Waals surface area contributed by atoms with Crippen LogP contribution in [-0.4, -0.2) is 17.8 Å². The van der Waals surface area contributed by atoms with E-state index in [4.69, 9.17) is 10.5 Å². The lowest BCUT2D eigenvalue weighted by atomic mass is 10.1. The van der Waals surface area contributed by atoms with Gasteiger partial charge in [-0.05, 0) is 30.4 Å². The molecule has 0 bridgehead atoms. The average molecular weight is 262 g/mol. The van der Waals surface area contributed by atoms with Gasteiger partial charge in [0.05, 0.1) is 12.6 Å². The second-order valence-electron chi connectivity index (χ2n) is 4.14. The van der Waals surface area contributed by atoms with Gasteiger partial charge in [-0.1, -0.05) is 6.92 Å². The lowest BCUT2D eigenvalue weighted by molar-refractivity contribution is 0.415. The van der Waals surface area contributed by atoms with Crippen LogP contribution in [0.4, 0.5) is 5.82 Å². The highest BCUT2D eigenvalue weighted by molar-refractivity contribution is 7.98. The highest BCUT2D eigenvalue weighted by Crippen LogP contribution is 2.25. The monoisotopic (exact) mass is 262 g/mol. The van der Waals surface area contributed by atoms with E-state index in [2.05, 4.69) is 18.0 Å². The van der Waals surface area contributed by atoms with Crippen molar-refractivity contribution >= 4 is 28.5 Å². The number of aromatic nitrogens is 1. The Balaban J connectivity index is 2.30. The minimum Gasteiger partial charge on any atom is -0.497 e. The fourth-order valence-corrected chi connectivity index (χ4v) is 2.66. The van der Waals surface area contributed by atoms with Gasteiger partial charge in [0.2, 0.25) is 0 Å². The van der Waals surface area contributed by atoms with Crippen molar-refractivity contribution in [3.05, 3.63) is 29.8 Å². The van der Waals surface area contributed by atoms with Crippen molar-refractivity contribution in [3.8, 4) is 5.75 Å². The molecular weight excluding hydrogens is 244 g/mol. The number of nitrogens with zero attached hydrogens (tertiary/aromatic N) is 1. The number of benzene rings is 1. The number of nitrogen functional groups attached to an aromatic ring is 1. The molecule has 3 nitrogen and oxygen atoms in total. The molecule has 0 radical (unpaired) electrons. The predicted octanol–water partition coefficient (Wildman–Crippen LogP) is 3.47. The lowest BCUT2D eigenvalue weighted by Gasteiger charge is -2.08. The van der Waals surface area contributed by atoms with Crippen LogP contribution in [0.1, 0.15) is 18.9 Å². The molecule has 1 aromatic carbocycles. The molecule has 0 aliphatic rings. The molecule has 18 heavy (non-hydrogen) atoms. The molecule has 0 spiro atoms. The van der Waals surface area contributed by atoms with Gasteiger partial charge in [0.25, 0.3) is 0 Å². The minimum atomic E-state index is 0.624. The Hall–Kier alpha value is -1.42. The van der Waals surface area contributed by atoms with Crippen molar-refractivity contribution in [1.29, 1.82) is 0 Å². The molecule has 96 valence electrons. The van der Waals surface area contributed by atoms with Crippen LogP contribution in [0, 0.1) is 0 Å². The zero-order chi connectivity index (χ0) is 13.0. The molecular formula is C14H18N2OS. The quantitative estimate of drug-likeness (QED) is 0.838. The van der Waals surface area contributed by atoms with E-state index >= 15 is 0 Å². The number of anilines is 1. The summed E-state index contributed by atoms with van der Waals surface area (Å²) in [5.74, 6) is 3.51. The largest absolute Gasteiger partial charge is 0.497 e. The second-order valence-corrected chi connectivity index (χ2v) is 5.25. The first-order valence-corrected chi connectivity index (χ1v) is 7.21. The standard InChI is InChI=1S/C14H18N2OS/c1-3-6-18-9-11-7-10-4-5-12(17-2)8-13(10)16-14(11)15/h4-5,7-8H,3,6,9H2,1-2H3,(H2,15,16). The number of methoxy groups -OCH3 is 1. The first-order valence-electron chi connectivity index (χ1n) is 6.05. The van der Waals surface area contributed by atoms with Crippen LogP contribution in [0.25, 0.3) is 10.9 Å². The van der Waals surface area contributed by atoms with E-state index in [1.54, 1.807) is 7.11 Å². The molecule has 0 aliphatic carbocycles. The van der Waals surface area contributed by atoms with Gasteiger partial charge in [0.1, 0.15) is 11.6 Å². The summed E-state index contributed by atoms with van der Waals surface area (Å²) in [4.78, 5) is 4.45. The van der Waals surface area contributed by atoms with E-state index in [1.165, 1.54) is 6.42 Å². The van der Waals surface area contributed by atoms with E-state index in [0.717, 1.165) is 33.7 Å². The average Bonchev–Trinajstić information content (AvgIpc) is 2.39. The number of ether oxygens (including phenoxy) is 1. The van der Waals surface area contributed by atoms with Crippen LogP contribution in [0.15, 0.2) is 24.3 Å². The van der Waals surface area contributed by atoms with Crippen molar-refractivity contribution in [2.75, 3.05) is 18.6 Å². The number of hydrogen-bond acceptors (Lipinski definition) is 4. The molecule has 0 saturated carbocycles. The van der Waals surface area contributed by atoms with E-state index in [0.29, 0.717) is 5.82 Å². The maximum atomic E-state index is 6.00. The number of hydrogen-bond donors (Lipinski definition) is 1. The van der Waals surface area contributed by atoms with Gasteiger partial charge in [-0.2, -0.15) is 11.8 Å². The molecule has 0 unspecified atom stereocenters. The zero-order valence-corrected chi connectivity index (χ0v) is 11.6. The Morgan fingerprint density at radius 3 is 2.89 bits per heavy atom. The molecule has 0 saturated heterocycles. The smallest absolute Gasteiger partial charge is 0.128 e. The van der Waals surface area contributed by atoms with Crippen molar-refractivity contribution in [2.24, 2.45) is 0 Å². The zero-order valence-electron chi connectivity index (χ0n) is 10.8. The van der Waals surface area contributed by atoms with Gasteiger partial charge in [-0.15, -0.1) is 0 Å². The summed E-state index contributed by atoms with van der Waals surface area (Å²) in [5.41, 5.74) is 8.00. The Bertz CT molecular complexity index is 543. The predicted molar refractivity (Wildman–Crippen MR) is 79.2 cm³/mol. The molecule has 4 heteroatoms. The maximum absolute atomic E-state index is 6.00. The molecule has 2 rings (SSSR count). The molecule has 0 atom stereocenters. The topological polar surface area (TPSA) is 48.1 Å². The van der Waals surface area contributed by atoms with Gasteiger partial charge in [-0.25, -0.2) is 4.98 Å². The first-order chi connectivity index (χ1) is 8.74. The molecule has 2 aromatic rings. The van der Waals surface area contributed by atoms with Crippen LogP contribution in [0.2, 0.25) is 0 Å². The maximum Gasteiger partial charge on any atom is 0.128 e. The molecule has 0 fully saturated rings. The highest BCUT2D eigenvalue weighted by atomic mass is 32.2. The Morgan fingerprint density at radius 1 is 1.33 bits per heavy atom. The fraction of sp³-hybridized carbons (Fsp3) is 0.357. The molecule has 2 N–H and O–H groups in total. The van der Waals surface area contributed by atoms with E-state index in [9.17, 15) is 0 Å². The highest BCUT2D eigenvalue weighted by Gasteiger charge is 2.05. The number of fused-ring (bicyclic) bond motifs is 1. The fourth-order valence-electron chi connectivity index (χ4n) is 1.77. The summed E-state index contributed by atoms with van der Waals surface area (Å²) in [7, 11) is 1.65. The van der Waals surface area contributed by atoms with Crippen molar-refractivity contribution < 1.29 is 4.74 Å². The molecule has 1 aromatic heterocycles. The first kappa shape index (κ1) is 13.0. The Kier molecular flexibility index (Phi) is 4.31. The van der Waals surface area contributed by atoms with Crippen LogP contribution < -0.4 is 10.5 Å². The SMILES string of the molecule is CCCSCc1cc2ccc(OC)cc2nc1N. The van der Waals surface area contributed by atoms with Crippen molar-refractivity contribution in [2.45, 2.75) is 19.1 Å². The third-order valence-electron chi connectivity index (χ3n) is 2.74. The van der Waals surface area contributed by atoms with Gasteiger partial charge in [-0.3, -0.25) is 0 Å². The van der Waals surface area contributed by atoms with E-state index in [1.807, 2.05) is 30.0 Å². The lowest BCUT2D eigenvalue weighted by Crippen LogP contribution is -1.98. The Labute approximate surface area is 112 Å². The summed E-state index contributed by atoms with van der Waals surface area (Å²) in [6.45, 7) is 2.18. The summed E-state index contributed by atoms with van der Waals surface area (Å²) in [6.07, 6.45) is 1.18. The van der Waals surface area contributed by atoms with E-state index < -0.39 is 0 Å². The second kappa shape index (κ2) is 5.96. The van der Waals surface area contributed by atoms with Gasteiger partial charge in [0, 0.05) is 22.8 Å². The number of thioether (sulfide) groups is 1. The third-order valence-corrected chi connectivity index (χ3v) is 3.96. The molecule has 0 amide bonds. The van der Waals surface area contributed by atoms with Crippen molar-refractivity contribution in [3.63, 3.8) is 0 Å². The third kappa shape index (κ3) is 2.88. The van der Waals surface area contributed by atoms with Gasteiger partial charge < -0.3 is 10.5 Å². The normalized spacial score (nSPS) is 10.8.